The number of carbonyl (C=O) groups is 1. The minimum Gasteiger partial charge on any atom is -0.493 e. The third-order valence-corrected chi connectivity index (χ3v) is 9.81. The molecule has 0 aliphatic carbocycles. The molecule has 0 radical (unpaired) electrons. The van der Waals surface area contributed by atoms with Gasteiger partial charge in [0, 0.05) is 68.5 Å². The first-order valence-corrected chi connectivity index (χ1v) is 18.5. The van der Waals surface area contributed by atoms with E-state index in [4.69, 9.17) is 31.5 Å². The van der Waals surface area contributed by atoms with Crippen molar-refractivity contribution in [2.24, 2.45) is 5.73 Å². The van der Waals surface area contributed by atoms with Crippen LogP contribution in [-0.4, -0.2) is 63.2 Å². The van der Waals surface area contributed by atoms with Crippen molar-refractivity contribution in [3.8, 4) is 34.4 Å². The zero-order valence-electron chi connectivity index (χ0n) is 30.9. The number of aliphatic hydroxyl groups excluding tert-OH is 1. The molecule has 1 aliphatic rings. The molecule has 2 aromatic heterocycles. The van der Waals surface area contributed by atoms with Crippen LogP contribution in [0.15, 0.2) is 79.3 Å². The fraction of sp³-hybridized carbons (Fsp3) is 0.310. The van der Waals surface area contributed by atoms with Gasteiger partial charge in [-0.05, 0) is 78.8 Å². The van der Waals surface area contributed by atoms with Crippen LogP contribution in [0.1, 0.15) is 62.5 Å². The monoisotopic (exact) mass is 761 g/mol. The summed E-state index contributed by atoms with van der Waals surface area (Å²) in [6.07, 6.45) is 6.15. The van der Waals surface area contributed by atoms with E-state index in [0.717, 1.165) is 77.2 Å². The van der Waals surface area contributed by atoms with Crippen molar-refractivity contribution in [1.82, 2.24) is 25.2 Å². The maximum absolute atomic E-state index is 11.5. The van der Waals surface area contributed by atoms with E-state index in [9.17, 15) is 15.2 Å². The van der Waals surface area contributed by atoms with Gasteiger partial charge in [-0.3, -0.25) is 9.78 Å². The standard InChI is InChI=1S/C42H44ClN7O5/c1-27-31(6-3-7-35(27)36-8-4-9-38(28(36)2)53-15-5-13-50-14-11-34(51)24-50)26-55-40-18-39(54-25-30-16-29(19-44)20-46-21-30)32(17-37(40)43)22-47-23-33-10-12-48-42(49-33)41(45)52/h3-4,6-10,12,16-18,20-21,34,47,51H,5,11,13-15,22-26H2,1-2H3,(H2,45,52). The summed E-state index contributed by atoms with van der Waals surface area (Å²) in [7, 11) is 0. The van der Waals surface area contributed by atoms with Crippen LogP contribution in [0.4, 0.5) is 0 Å². The smallest absolute Gasteiger partial charge is 0.286 e. The number of pyridine rings is 1. The zero-order chi connectivity index (χ0) is 38.7. The summed E-state index contributed by atoms with van der Waals surface area (Å²) in [6.45, 7) is 8.48. The van der Waals surface area contributed by atoms with E-state index in [1.54, 1.807) is 30.5 Å². The van der Waals surface area contributed by atoms with E-state index in [-0.39, 0.29) is 25.1 Å². The van der Waals surface area contributed by atoms with Gasteiger partial charge in [0.2, 0.25) is 5.82 Å². The van der Waals surface area contributed by atoms with E-state index in [1.165, 1.54) is 12.4 Å². The number of aromatic nitrogens is 3. The van der Waals surface area contributed by atoms with E-state index >= 15 is 0 Å². The summed E-state index contributed by atoms with van der Waals surface area (Å²) in [6, 6.07) is 21.4. The number of aliphatic hydroxyl groups is 1. The minimum absolute atomic E-state index is 0.0542. The minimum atomic E-state index is -0.700. The molecule has 1 amide bonds. The van der Waals surface area contributed by atoms with Gasteiger partial charge in [-0.25, -0.2) is 9.97 Å². The number of hydrogen-bond donors (Lipinski definition) is 3. The van der Waals surface area contributed by atoms with Gasteiger partial charge < -0.3 is 35.3 Å². The lowest BCUT2D eigenvalue weighted by Crippen LogP contribution is -2.24. The van der Waals surface area contributed by atoms with Crippen molar-refractivity contribution in [3.63, 3.8) is 0 Å². The average Bonchev–Trinajstić information content (AvgIpc) is 3.61. The molecule has 1 unspecified atom stereocenters. The zero-order valence-corrected chi connectivity index (χ0v) is 31.7. The highest BCUT2D eigenvalue weighted by Gasteiger charge is 2.20. The van der Waals surface area contributed by atoms with Crippen molar-refractivity contribution in [2.45, 2.75) is 59.1 Å². The Morgan fingerprint density at radius 2 is 1.78 bits per heavy atom. The Morgan fingerprint density at radius 1 is 0.982 bits per heavy atom. The molecule has 1 saturated heterocycles. The molecule has 1 aliphatic heterocycles. The maximum Gasteiger partial charge on any atom is 0.286 e. The lowest BCUT2D eigenvalue weighted by Gasteiger charge is -2.19. The normalized spacial score (nSPS) is 14.1. The number of primary amides is 1. The van der Waals surface area contributed by atoms with Crippen LogP contribution in [-0.2, 0) is 26.3 Å². The number of amides is 1. The highest BCUT2D eigenvalue weighted by molar-refractivity contribution is 6.32. The number of nitriles is 1. The van der Waals surface area contributed by atoms with Gasteiger partial charge in [-0.2, -0.15) is 5.26 Å². The van der Waals surface area contributed by atoms with Crippen LogP contribution < -0.4 is 25.3 Å². The highest BCUT2D eigenvalue weighted by atomic mass is 35.5. The van der Waals surface area contributed by atoms with Crippen molar-refractivity contribution in [3.05, 3.63) is 129 Å². The quantitative estimate of drug-likeness (QED) is 0.0942. The third kappa shape index (κ3) is 10.3. The molecule has 0 saturated carbocycles. The second-order valence-electron chi connectivity index (χ2n) is 13.5. The first-order valence-electron chi connectivity index (χ1n) is 18.1. The Bertz CT molecular complexity index is 2180. The summed E-state index contributed by atoms with van der Waals surface area (Å²) in [5.74, 6) is 1.09. The molecule has 5 aromatic rings. The van der Waals surface area contributed by atoms with Gasteiger partial charge >= 0.3 is 0 Å². The third-order valence-electron chi connectivity index (χ3n) is 9.52. The number of benzene rings is 3. The molecule has 1 atom stereocenters. The number of nitrogens with two attached hydrogens (primary N) is 1. The molecule has 1 fully saturated rings. The van der Waals surface area contributed by atoms with Gasteiger partial charge in [-0.1, -0.05) is 41.9 Å². The van der Waals surface area contributed by atoms with Crippen molar-refractivity contribution < 1.29 is 24.1 Å². The van der Waals surface area contributed by atoms with Crippen LogP contribution in [0.2, 0.25) is 5.02 Å². The van der Waals surface area contributed by atoms with Crippen molar-refractivity contribution in [1.29, 1.82) is 5.26 Å². The number of halogens is 1. The number of β-amino-alcohol motifs (C(OH)–C–C–N with tert-alkyl or cyclic N) is 1. The maximum atomic E-state index is 11.5. The number of nitrogens with one attached hydrogen (secondary N) is 1. The molecule has 4 N–H and O–H groups in total. The van der Waals surface area contributed by atoms with Crippen LogP contribution >= 0.6 is 11.6 Å². The Morgan fingerprint density at radius 3 is 2.56 bits per heavy atom. The molecule has 12 nitrogen and oxygen atoms in total. The number of carbonyl (C=O) groups excluding carboxylic acids is 1. The van der Waals surface area contributed by atoms with Crippen LogP contribution in [0, 0.1) is 25.2 Å². The molecule has 0 bridgehead atoms. The number of rotatable bonds is 17. The SMILES string of the molecule is Cc1c(COc2cc(OCc3cncc(C#N)c3)c(CNCc3ccnc(C(N)=O)n3)cc2Cl)cccc1-c1cccc(OCCCN2CCC(O)C2)c1C. The summed E-state index contributed by atoms with van der Waals surface area (Å²) >= 11 is 6.82. The van der Waals surface area contributed by atoms with E-state index in [2.05, 4.69) is 57.2 Å². The first kappa shape index (κ1) is 39.1. The fourth-order valence-electron chi connectivity index (χ4n) is 6.52. The Kier molecular flexibility index (Phi) is 13.3. The summed E-state index contributed by atoms with van der Waals surface area (Å²) in [5, 5.41) is 22.9. The summed E-state index contributed by atoms with van der Waals surface area (Å²) in [4.78, 5) is 26.1. The van der Waals surface area contributed by atoms with Crippen LogP contribution in [0.3, 0.4) is 0 Å². The largest absolute Gasteiger partial charge is 0.493 e. The number of hydrogen-bond acceptors (Lipinski definition) is 11. The number of nitrogens with zero attached hydrogens (tertiary/aromatic N) is 5. The van der Waals surface area contributed by atoms with Gasteiger partial charge in [0.25, 0.3) is 5.91 Å². The second kappa shape index (κ2) is 18.6. The van der Waals surface area contributed by atoms with Crippen molar-refractivity contribution >= 4 is 17.5 Å². The molecular weight excluding hydrogens is 718 g/mol. The lowest BCUT2D eigenvalue weighted by molar-refractivity contribution is 0.0990. The Balaban J connectivity index is 1.16. The van der Waals surface area contributed by atoms with Crippen molar-refractivity contribution in [2.75, 3.05) is 26.2 Å². The second-order valence-corrected chi connectivity index (χ2v) is 13.9. The van der Waals surface area contributed by atoms with E-state index in [0.29, 0.717) is 47.5 Å². The Labute approximate surface area is 325 Å². The molecule has 3 heterocycles. The predicted molar refractivity (Wildman–Crippen MR) is 209 cm³/mol. The van der Waals surface area contributed by atoms with Gasteiger partial charge in [0.15, 0.2) is 0 Å². The van der Waals surface area contributed by atoms with Gasteiger partial charge in [-0.15, -0.1) is 0 Å². The molecule has 6 rings (SSSR count). The summed E-state index contributed by atoms with van der Waals surface area (Å²) in [5.41, 5.74) is 13.2. The molecule has 284 valence electrons. The number of ether oxygens (including phenoxy) is 3. The average molecular weight is 762 g/mol. The van der Waals surface area contributed by atoms with Gasteiger partial charge in [0.1, 0.15) is 36.5 Å². The molecule has 0 spiro atoms. The summed E-state index contributed by atoms with van der Waals surface area (Å²) < 4.78 is 18.9. The first-order chi connectivity index (χ1) is 26.7. The van der Waals surface area contributed by atoms with Gasteiger partial charge in [0.05, 0.1) is 29.0 Å². The van der Waals surface area contributed by atoms with E-state index < -0.39 is 5.91 Å². The highest BCUT2D eigenvalue weighted by Crippen LogP contribution is 2.36. The topological polar surface area (TPSA) is 169 Å². The lowest BCUT2D eigenvalue weighted by atomic mass is 9.93. The molecule has 13 heteroatoms. The molecular formula is C42H44ClN7O5. The van der Waals surface area contributed by atoms with Crippen LogP contribution in [0.5, 0.6) is 17.2 Å². The molecule has 55 heavy (non-hydrogen) atoms. The Hall–Kier alpha value is -5.58. The predicted octanol–water partition coefficient (Wildman–Crippen LogP) is 6.06. The van der Waals surface area contributed by atoms with Crippen LogP contribution in [0.25, 0.3) is 11.1 Å². The fourth-order valence-corrected chi connectivity index (χ4v) is 6.76. The molecule has 3 aromatic carbocycles. The number of likely N-dealkylation sites (tertiary alicyclic amines) is 1. The van der Waals surface area contributed by atoms with E-state index in [1.807, 2.05) is 24.3 Å².